The summed E-state index contributed by atoms with van der Waals surface area (Å²) in [5.74, 6) is 0.173. The molecule has 0 saturated heterocycles. The second-order valence-corrected chi connectivity index (χ2v) is 2.74. The Kier molecular flexibility index (Phi) is 3.09. The Balaban J connectivity index is 2.97. The van der Waals surface area contributed by atoms with Crippen molar-refractivity contribution in [2.45, 2.75) is 13.3 Å². The number of hydrogen-bond acceptors (Lipinski definition) is 4. The molecule has 1 atom stereocenters. The van der Waals surface area contributed by atoms with Crippen LogP contribution < -0.4 is 0 Å². The van der Waals surface area contributed by atoms with Crippen molar-refractivity contribution >= 4 is 12.2 Å². The van der Waals surface area contributed by atoms with Crippen molar-refractivity contribution in [3.63, 3.8) is 0 Å². The second-order valence-electron chi connectivity index (χ2n) is 2.74. The van der Waals surface area contributed by atoms with Crippen LogP contribution in [0.15, 0.2) is 33.5 Å². The summed E-state index contributed by atoms with van der Waals surface area (Å²) in [5.41, 5.74) is 1.11. The lowest BCUT2D eigenvalue weighted by Gasteiger charge is -2.12. The molecule has 0 N–H and O–H groups in total. The molecule has 66 valence electrons. The van der Waals surface area contributed by atoms with Gasteiger partial charge >= 0.3 is 0 Å². The maximum atomic E-state index is 10.0. The fraction of sp³-hybridized carbons (Fsp3) is 0.333. The molecule has 0 spiro atoms. The average molecular weight is 176 g/mol. The van der Waals surface area contributed by atoms with Gasteiger partial charge in [-0.1, -0.05) is 13.0 Å². The van der Waals surface area contributed by atoms with Gasteiger partial charge in [-0.3, -0.25) is 0 Å². The maximum Gasteiger partial charge on any atom is 0.240 e. The number of hydrogen-bond donors (Lipinski definition) is 0. The number of isocyanates is 2. The molecule has 0 saturated carbocycles. The van der Waals surface area contributed by atoms with Crippen LogP contribution in [-0.4, -0.2) is 12.2 Å². The van der Waals surface area contributed by atoms with E-state index in [1.807, 2.05) is 6.92 Å². The molecule has 0 heterocycles. The minimum atomic E-state index is 0.173. The molecule has 1 rings (SSSR count). The molecule has 1 aliphatic rings. The van der Waals surface area contributed by atoms with Crippen molar-refractivity contribution in [3.05, 3.63) is 23.5 Å². The molecule has 0 fully saturated rings. The van der Waals surface area contributed by atoms with Crippen molar-refractivity contribution in [3.8, 4) is 0 Å². The van der Waals surface area contributed by atoms with E-state index in [0.717, 1.165) is 6.42 Å². The predicted molar refractivity (Wildman–Crippen MR) is 46.2 cm³/mol. The summed E-state index contributed by atoms with van der Waals surface area (Å²) in [6.07, 6.45) is 7.02. The van der Waals surface area contributed by atoms with Gasteiger partial charge in [0.25, 0.3) is 0 Å². The average Bonchev–Trinajstić information content (AvgIpc) is 2.12. The van der Waals surface area contributed by atoms with Gasteiger partial charge in [-0.25, -0.2) is 9.59 Å². The zero-order chi connectivity index (χ0) is 9.68. The Morgan fingerprint density at radius 3 is 2.69 bits per heavy atom. The fourth-order valence-electron chi connectivity index (χ4n) is 1.10. The quantitative estimate of drug-likeness (QED) is 0.472. The summed E-state index contributed by atoms with van der Waals surface area (Å²) in [5, 5.41) is 0. The number of allylic oxidation sites excluding steroid dienone is 3. The topological polar surface area (TPSA) is 58.9 Å². The summed E-state index contributed by atoms with van der Waals surface area (Å²) in [6, 6.07) is 0. The van der Waals surface area contributed by atoms with Gasteiger partial charge in [0.05, 0.1) is 11.4 Å². The lowest BCUT2D eigenvalue weighted by molar-refractivity contribution is 0.561. The maximum absolute atomic E-state index is 10.0. The van der Waals surface area contributed by atoms with E-state index in [1.165, 1.54) is 12.2 Å². The van der Waals surface area contributed by atoms with Crippen molar-refractivity contribution < 1.29 is 9.59 Å². The summed E-state index contributed by atoms with van der Waals surface area (Å²) < 4.78 is 0. The van der Waals surface area contributed by atoms with Crippen LogP contribution in [0.5, 0.6) is 0 Å². The minimum Gasteiger partial charge on any atom is -0.211 e. The van der Waals surface area contributed by atoms with Crippen molar-refractivity contribution in [2.75, 3.05) is 0 Å². The lowest BCUT2D eigenvalue weighted by atomic mass is 9.98. The number of rotatable bonds is 2. The van der Waals surface area contributed by atoms with Crippen LogP contribution in [-0.2, 0) is 9.59 Å². The van der Waals surface area contributed by atoms with Gasteiger partial charge in [0.15, 0.2) is 0 Å². The first kappa shape index (κ1) is 9.33. The first-order valence-electron chi connectivity index (χ1n) is 3.85. The highest BCUT2D eigenvalue weighted by molar-refractivity contribution is 5.44. The molecule has 0 aromatic rings. The van der Waals surface area contributed by atoms with Gasteiger partial charge in [-0.05, 0) is 12.5 Å². The molecule has 0 aromatic heterocycles. The summed E-state index contributed by atoms with van der Waals surface area (Å²) in [4.78, 5) is 26.9. The molecule has 0 bridgehead atoms. The second kappa shape index (κ2) is 4.31. The third kappa shape index (κ3) is 2.34. The third-order valence-corrected chi connectivity index (χ3v) is 1.83. The van der Waals surface area contributed by atoms with Crippen LogP contribution in [0.25, 0.3) is 0 Å². The van der Waals surface area contributed by atoms with Crippen molar-refractivity contribution in [1.29, 1.82) is 0 Å². The van der Waals surface area contributed by atoms with Gasteiger partial charge in [0, 0.05) is 5.92 Å². The molecule has 4 heteroatoms. The number of nitrogens with zero attached hydrogens (tertiary/aromatic N) is 2. The molecule has 0 aliphatic heterocycles. The highest BCUT2D eigenvalue weighted by atomic mass is 16.1. The molecule has 0 aromatic carbocycles. The predicted octanol–water partition coefficient (Wildman–Crippen LogP) is 1.47. The summed E-state index contributed by atoms with van der Waals surface area (Å²) in [7, 11) is 0. The Morgan fingerprint density at radius 2 is 2.08 bits per heavy atom. The number of carbonyl (C=O) groups excluding carboxylic acids is 2. The highest BCUT2D eigenvalue weighted by Gasteiger charge is 2.12. The van der Waals surface area contributed by atoms with Gasteiger partial charge in [0.1, 0.15) is 0 Å². The Bertz CT molecular complexity index is 356. The van der Waals surface area contributed by atoms with Gasteiger partial charge < -0.3 is 0 Å². The van der Waals surface area contributed by atoms with Crippen LogP contribution in [0.3, 0.4) is 0 Å². The Morgan fingerprint density at radius 1 is 1.38 bits per heavy atom. The molecule has 0 amide bonds. The molecule has 1 aliphatic carbocycles. The molecule has 0 radical (unpaired) electrons. The van der Waals surface area contributed by atoms with E-state index < -0.39 is 0 Å². The normalized spacial score (nSPS) is 20.5. The first-order valence-corrected chi connectivity index (χ1v) is 3.85. The van der Waals surface area contributed by atoms with Crippen LogP contribution in [0.4, 0.5) is 0 Å². The van der Waals surface area contributed by atoms with Crippen LogP contribution in [0.1, 0.15) is 13.3 Å². The first-order chi connectivity index (χ1) is 6.27. The minimum absolute atomic E-state index is 0.173. The summed E-state index contributed by atoms with van der Waals surface area (Å²) in [6.45, 7) is 1.94. The van der Waals surface area contributed by atoms with Gasteiger partial charge in [-0.15, -0.1) is 0 Å². The highest BCUT2D eigenvalue weighted by Crippen LogP contribution is 2.24. The van der Waals surface area contributed by atoms with E-state index in [2.05, 4.69) is 9.98 Å². The smallest absolute Gasteiger partial charge is 0.211 e. The van der Waals surface area contributed by atoms with Crippen molar-refractivity contribution in [1.82, 2.24) is 0 Å². The molecule has 13 heavy (non-hydrogen) atoms. The van der Waals surface area contributed by atoms with Crippen LogP contribution in [0.2, 0.25) is 0 Å². The molecular formula is C9H8N2O2. The summed E-state index contributed by atoms with van der Waals surface area (Å²) >= 11 is 0. The van der Waals surface area contributed by atoms with E-state index in [9.17, 15) is 9.59 Å². The van der Waals surface area contributed by atoms with E-state index in [1.54, 1.807) is 12.2 Å². The van der Waals surface area contributed by atoms with Gasteiger partial charge in [-0.2, -0.15) is 9.98 Å². The lowest BCUT2D eigenvalue weighted by Crippen LogP contribution is -2.01. The van der Waals surface area contributed by atoms with Crippen molar-refractivity contribution in [2.24, 2.45) is 15.9 Å². The van der Waals surface area contributed by atoms with Gasteiger partial charge in [0.2, 0.25) is 12.2 Å². The zero-order valence-electron chi connectivity index (χ0n) is 7.15. The van der Waals surface area contributed by atoms with Crippen LogP contribution in [0, 0.1) is 5.92 Å². The monoisotopic (exact) mass is 176 g/mol. The molecular weight excluding hydrogens is 168 g/mol. The largest absolute Gasteiger partial charge is 0.240 e. The Labute approximate surface area is 75.4 Å². The fourth-order valence-corrected chi connectivity index (χ4v) is 1.10. The van der Waals surface area contributed by atoms with E-state index >= 15 is 0 Å². The third-order valence-electron chi connectivity index (χ3n) is 1.83. The van der Waals surface area contributed by atoms with E-state index in [0.29, 0.717) is 11.4 Å². The molecule has 1 unspecified atom stereocenters. The standard InChI is InChI=1S/C9H8N2O2/c1-7-2-3-8(10-5-12)4-9(7)11-6-13/h3-4,7H,2H2,1H3. The Hall–Kier alpha value is -1.76. The van der Waals surface area contributed by atoms with E-state index in [-0.39, 0.29) is 5.92 Å². The van der Waals surface area contributed by atoms with E-state index in [4.69, 9.17) is 0 Å². The SMILES string of the molecule is CC1CC=C(N=C=O)C=C1N=C=O. The number of aliphatic imine (C=N–C) groups is 2. The molecule has 4 nitrogen and oxygen atoms in total. The van der Waals surface area contributed by atoms with Crippen LogP contribution >= 0.6 is 0 Å². The zero-order valence-corrected chi connectivity index (χ0v) is 7.15.